The summed E-state index contributed by atoms with van der Waals surface area (Å²) < 4.78 is 10.9. The van der Waals surface area contributed by atoms with Crippen molar-refractivity contribution in [3.8, 4) is 5.75 Å². The number of ether oxygens (including phenoxy) is 1. The third kappa shape index (κ3) is 2.88. The monoisotopic (exact) mass is 347 g/mol. The van der Waals surface area contributed by atoms with E-state index in [2.05, 4.69) is 4.98 Å². The smallest absolute Gasteiger partial charge is 0.336 e. The molecule has 0 aliphatic carbocycles. The second kappa shape index (κ2) is 6.52. The first-order valence-electron chi connectivity index (χ1n) is 8.47. The summed E-state index contributed by atoms with van der Waals surface area (Å²) in [5.41, 5.74) is 2.76. The number of H-pyrrole nitrogens is 1. The normalized spacial score (nSPS) is 11.1. The zero-order valence-electron chi connectivity index (χ0n) is 14.2. The lowest BCUT2D eigenvalue weighted by molar-refractivity contribution is -0.134. The Morgan fingerprint density at radius 3 is 2.77 bits per heavy atom. The molecule has 0 fully saturated rings. The van der Waals surface area contributed by atoms with Crippen LogP contribution in [0.2, 0.25) is 0 Å². The van der Waals surface area contributed by atoms with E-state index in [-0.39, 0.29) is 12.4 Å². The number of esters is 1. The van der Waals surface area contributed by atoms with E-state index in [9.17, 15) is 9.59 Å². The second-order valence-corrected chi connectivity index (χ2v) is 6.08. The Bertz CT molecular complexity index is 1170. The standard InChI is InChI=1S/C21H17NO4/c1-2-19(23)25-18-9-7-13-8-10-20(24)26-21(13)16(18)11-14-12-22-17-6-4-3-5-15(14)17/h3-10,12,22H,2,11H2,1H3. The van der Waals surface area contributed by atoms with Crippen LogP contribution >= 0.6 is 0 Å². The molecule has 5 heteroatoms. The maximum Gasteiger partial charge on any atom is 0.336 e. The SMILES string of the molecule is CCC(=O)Oc1ccc2ccc(=O)oc2c1Cc1c[nH]c2ccccc12. The molecule has 0 unspecified atom stereocenters. The number of carbonyl (C=O) groups excluding carboxylic acids is 1. The maximum absolute atomic E-state index is 11.8. The molecular weight excluding hydrogens is 330 g/mol. The van der Waals surface area contributed by atoms with Gasteiger partial charge in [0.2, 0.25) is 0 Å². The quantitative estimate of drug-likeness (QED) is 0.341. The van der Waals surface area contributed by atoms with Gasteiger partial charge in [-0.1, -0.05) is 25.1 Å². The van der Waals surface area contributed by atoms with Gasteiger partial charge in [-0.25, -0.2) is 4.79 Å². The lowest BCUT2D eigenvalue weighted by Crippen LogP contribution is -2.08. The van der Waals surface area contributed by atoms with Gasteiger partial charge in [-0.05, 0) is 29.8 Å². The van der Waals surface area contributed by atoms with Crippen LogP contribution in [0.1, 0.15) is 24.5 Å². The summed E-state index contributed by atoms with van der Waals surface area (Å²) in [7, 11) is 0. The predicted octanol–water partition coefficient (Wildman–Crippen LogP) is 4.18. The molecule has 2 heterocycles. The molecule has 0 aliphatic rings. The molecule has 0 bridgehead atoms. The Labute approximate surface area is 149 Å². The summed E-state index contributed by atoms with van der Waals surface area (Å²) in [6.45, 7) is 1.74. The number of hydrogen-bond donors (Lipinski definition) is 1. The topological polar surface area (TPSA) is 72.3 Å². The summed E-state index contributed by atoms with van der Waals surface area (Å²) >= 11 is 0. The van der Waals surface area contributed by atoms with E-state index in [1.54, 1.807) is 25.1 Å². The van der Waals surface area contributed by atoms with Crippen molar-refractivity contribution in [3.05, 3.63) is 76.3 Å². The number of hydrogen-bond acceptors (Lipinski definition) is 4. The van der Waals surface area contributed by atoms with Crippen LogP contribution in [0.4, 0.5) is 0 Å². The third-order valence-electron chi connectivity index (χ3n) is 4.40. The molecule has 0 atom stereocenters. The van der Waals surface area contributed by atoms with Gasteiger partial charge in [0, 0.05) is 47.0 Å². The fourth-order valence-electron chi connectivity index (χ4n) is 3.10. The molecule has 0 aliphatic heterocycles. The number of para-hydroxylation sites is 1. The molecule has 4 rings (SSSR count). The average molecular weight is 347 g/mol. The van der Waals surface area contributed by atoms with Gasteiger partial charge in [0.15, 0.2) is 0 Å². The van der Waals surface area contributed by atoms with Crippen LogP contribution in [-0.2, 0) is 11.2 Å². The largest absolute Gasteiger partial charge is 0.426 e. The highest BCUT2D eigenvalue weighted by molar-refractivity contribution is 5.87. The first kappa shape index (κ1) is 16.1. The molecule has 0 radical (unpaired) electrons. The van der Waals surface area contributed by atoms with E-state index in [0.29, 0.717) is 23.3 Å². The first-order valence-corrected chi connectivity index (χ1v) is 8.47. The molecule has 2 aromatic carbocycles. The molecule has 2 aromatic heterocycles. The van der Waals surface area contributed by atoms with Crippen molar-refractivity contribution in [2.45, 2.75) is 19.8 Å². The van der Waals surface area contributed by atoms with Gasteiger partial charge in [0.25, 0.3) is 0 Å². The van der Waals surface area contributed by atoms with E-state index >= 15 is 0 Å². The summed E-state index contributed by atoms with van der Waals surface area (Å²) in [4.78, 5) is 26.8. The van der Waals surface area contributed by atoms with Gasteiger partial charge in [0.1, 0.15) is 11.3 Å². The van der Waals surface area contributed by atoms with Crippen molar-refractivity contribution in [3.63, 3.8) is 0 Å². The fraction of sp³-hybridized carbons (Fsp3) is 0.143. The minimum absolute atomic E-state index is 0.267. The highest BCUT2D eigenvalue weighted by Gasteiger charge is 2.16. The molecule has 0 amide bonds. The molecular formula is C21H17NO4. The minimum atomic E-state index is -0.434. The van der Waals surface area contributed by atoms with Gasteiger partial charge in [-0.2, -0.15) is 0 Å². The zero-order valence-corrected chi connectivity index (χ0v) is 14.2. The number of aromatic amines is 1. The Morgan fingerprint density at radius 1 is 1.12 bits per heavy atom. The molecule has 130 valence electrons. The summed E-state index contributed by atoms with van der Waals surface area (Å²) in [6, 6.07) is 14.6. The van der Waals surface area contributed by atoms with E-state index in [1.807, 2.05) is 30.5 Å². The average Bonchev–Trinajstić information content (AvgIpc) is 3.06. The number of benzene rings is 2. The Balaban J connectivity index is 1.90. The Hall–Kier alpha value is -3.34. The molecule has 4 aromatic rings. The molecule has 0 saturated carbocycles. The molecule has 5 nitrogen and oxygen atoms in total. The van der Waals surface area contributed by atoms with Gasteiger partial charge in [0.05, 0.1) is 0 Å². The van der Waals surface area contributed by atoms with Crippen LogP contribution in [-0.4, -0.2) is 11.0 Å². The third-order valence-corrected chi connectivity index (χ3v) is 4.40. The van der Waals surface area contributed by atoms with E-state index < -0.39 is 5.63 Å². The second-order valence-electron chi connectivity index (χ2n) is 6.08. The maximum atomic E-state index is 11.8. The molecule has 26 heavy (non-hydrogen) atoms. The number of rotatable bonds is 4. The Morgan fingerprint density at radius 2 is 1.92 bits per heavy atom. The first-order chi connectivity index (χ1) is 12.7. The minimum Gasteiger partial charge on any atom is -0.426 e. The number of carbonyl (C=O) groups is 1. The van der Waals surface area contributed by atoms with Gasteiger partial charge in [-0.3, -0.25) is 4.79 Å². The lowest BCUT2D eigenvalue weighted by atomic mass is 10.0. The molecule has 0 saturated heterocycles. The molecule has 0 spiro atoms. The number of fused-ring (bicyclic) bond motifs is 2. The van der Waals surface area contributed by atoms with E-state index in [0.717, 1.165) is 21.9 Å². The summed E-state index contributed by atoms with van der Waals surface area (Å²) in [6.07, 6.45) is 2.67. The van der Waals surface area contributed by atoms with Gasteiger partial charge >= 0.3 is 11.6 Å². The van der Waals surface area contributed by atoms with E-state index in [1.165, 1.54) is 6.07 Å². The Kier molecular flexibility index (Phi) is 4.05. The zero-order chi connectivity index (χ0) is 18.1. The molecule has 1 N–H and O–H groups in total. The summed E-state index contributed by atoms with van der Waals surface area (Å²) in [5.74, 6) is 0.0896. The summed E-state index contributed by atoms with van der Waals surface area (Å²) in [5, 5.41) is 1.87. The van der Waals surface area contributed by atoms with Crippen LogP contribution in [0.15, 0.2) is 63.9 Å². The van der Waals surface area contributed by atoms with Crippen molar-refractivity contribution < 1.29 is 13.9 Å². The van der Waals surface area contributed by atoms with Crippen molar-refractivity contribution >= 4 is 27.8 Å². The van der Waals surface area contributed by atoms with Gasteiger partial charge in [-0.15, -0.1) is 0 Å². The number of nitrogens with one attached hydrogen (secondary N) is 1. The van der Waals surface area contributed by atoms with Crippen LogP contribution in [0.5, 0.6) is 5.75 Å². The fourth-order valence-corrected chi connectivity index (χ4v) is 3.10. The highest BCUT2D eigenvalue weighted by atomic mass is 16.5. The van der Waals surface area contributed by atoms with Gasteiger partial charge < -0.3 is 14.1 Å². The predicted molar refractivity (Wildman–Crippen MR) is 99.5 cm³/mol. The van der Waals surface area contributed by atoms with Crippen LogP contribution < -0.4 is 10.4 Å². The van der Waals surface area contributed by atoms with Crippen LogP contribution in [0.25, 0.3) is 21.9 Å². The van der Waals surface area contributed by atoms with E-state index in [4.69, 9.17) is 9.15 Å². The lowest BCUT2D eigenvalue weighted by Gasteiger charge is -2.11. The van der Waals surface area contributed by atoms with Crippen molar-refractivity contribution in [1.82, 2.24) is 4.98 Å². The number of aromatic nitrogens is 1. The highest BCUT2D eigenvalue weighted by Crippen LogP contribution is 2.32. The van der Waals surface area contributed by atoms with Crippen LogP contribution in [0.3, 0.4) is 0 Å². The van der Waals surface area contributed by atoms with Crippen molar-refractivity contribution in [2.75, 3.05) is 0 Å². The van der Waals surface area contributed by atoms with Crippen molar-refractivity contribution in [2.24, 2.45) is 0 Å². The van der Waals surface area contributed by atoms with Crippen molar-refractivity contribution in [1.29, 1.82) is 0 Å². The van der Waals surface area contributed by atoms with Crippen LogP contribution in [0, 0.1) is 0 Å².